The van der Waals surface area contributed by atoms with Crippen LogP contribution in [0, 0.1) is 12.8 Å². The van der Waals surface area contributed by atoms with Gasteiger partial charge in [0.05, 0.1) is 16.4 Å². The maximum absolute atomic E-state index is 8.61. The van der Waals surface area contributed by atoms with Crippen LogP contribution < -0.4 is 5.73 Å². The molecule has 1 rings (SSSR count). The number of nitrogens with zero attached hydrogens (tertiary/aromatic N) is 4. The van der Waals surface area contributed by atoms with Gasteiger partial charge in [0.15, 0.2) is 0 Å². The van der Waals surface area contributed by atoms with E-state index >= 15 is 0 Å². The molecule has 3 N–H and O–H groups in total. The van der Waals surface area contributed by atoms with Crippen LogP contribution in [0.2, 0.25) is 5.02 Å². The van der Waals surface area contributed by atoms with Crippen LogP contribution in [-0.4, -0.2) is 39.3 Å². The van der Waals surface area contributed by atoms with Gasteiger partial charge in [0, 0.05) is 26.1 Å². The number of oxime groups is 1. The van der Waals surface area contributed by atoms with Crippen molar-refractivity contribution in [1.82, 2.24) is 14.7 Å². The Kier molecular flexibility index (Phi) is 4.98. The molecule has 1 heterocycles. The van der Waals surface area contributed by atoms with Crippen molar-refractivity contribution < 1.29 is 5.21 Å². The molecule has 1 aromatic rings. The molecule has 1 atom stereocenters. The lowest BCUT2D eigenvalue weighted by Gasteiger charge is -2.20. The molecule has 7 heteroatoms. The number of aryl methyl sites for hydroxylation is 2. The zero-order valence-corrected chi connectivity index (χ0v) is 11.9. The summed E-state index contributed by atoms with van der Waals surface area (Å²) in [4.78, 5) is 2.06. The Balaban J connectivity index is 2.68. The second-order valence-corrected chi connectivity index (χ2v) is 4.97. The summed E-state index contributed by atoms with van der Waals surface area (Å²) in [5.74, 6) is 0.210. The predicted octanol–water partition coefficient (Wildman–Crippen LogP) is 1.20. The van der Waals surface area contributed by atoms with Gasteiger partial charge < -0.3 is 10.9 Å². The van der Waals surface area contributed by atoms with Crippen molar-refractivity contribution in [2.24, 2.45) is 23.9 Å². The molecular formula is C11H20ClN5O. The summed E-state index contributed by atoms with van der Waals surface area (Å²) in [6.07, 6.45) is 0. The van der Waals surface area contributed by atoms with Gasteiger partial charge in [-0.1, -0.05) is 23.7 Å². The molecule has 0 aliphatic heterocycles. The summed E-state index contributed by atoms with van der Waals surface area (Å²) in [5, 5.41) is 16.6. The van der Waals surface area contributed by atoms with Crippen LogP contribution in [-0.2, 0) is 13.6 Å². The fourth-order valence-electron chi connectivity index (χ4n) is 1.83. The summed E-state index contributed by atoms with van der Waals surface area (Å²) in [7, 11) is 3.83. The van der Waals surface area contributed by atoms with Gasteiger partial charge in [0.1, 0.15) is 5.84 Å². The Labute approximate surface area is 112 Å². The van der Waals surface area contributed by atoms with Crippen LogP contribution in [0.4, 0.5) is 0 Å². The summed E-state index contributed by atoms with van der Waals surface area (Å²) in [6.45, 7) is 5.13. The van der Waals surface area contributed by atoms with Crippen molar-refractivity contribution in [3.05, 3.63) is 16.4 Å². The maximum Gasteiger partial charge on any atom is 0.143 e. The molecule has 0 bridgehead atoms. The second kappa shape index (κ2) is 6.06. The summed E-state index contributed by atoms with van der Waals surface area (Å²) in [5.41, 5.74) is 7.34. The first kappa shape index (κ1) is 14.8. The molecule has 6 nitrogen and oxygen atoms in total. The highest BCUT2D eigenvalue weighted by Gasteiger charge is 2.16. The van der Waals surface area contributed by atoms with Crippen molar-refractivity contribution in [3.8, 4) is 0 Å². The molecule has 0 spiro atoms. The Morgan fingerprint density at radius 3 is 2.72 bits per heavy atom. The lowest BCUT2D eigenvalue weighted by Crippen LogP contribution is -2.32. The van der Waals surface area contributed by atoms with Crippen LogP contribution in [0.5, 0.6) is 0 Å². The first-order chi connectivity index (χ1) is 8.36. The molecule has 0 aliphatic rings. The average molecular weight is 274 g/mol. The highest BCUT2D eigenvalue weighted by Crippen LogP contribution is 2.20. The molecular weight excluding hydrogens is 254 g/mol. The minimum absolute atomic E-state index is 0.0203. The minimum Gasteiger partial charge on any atom is -0.409 e. The fraction of sp³-hybridized carbons (Fsp3) is 0.636. The highest BCUT2D eigenvalue weighted by atomic mass is 35.5. The van der Waals surface area contributed by atoms with E-state index in [0.29, 0.717) is 18.1 Å². The maximum atomic E-state index is 8.61. The molecule has 0 fully saturated rings. The van der Waals surface area contributed by atoms with Crippen molar-refractivity contribution in [1.29, 1.82) is 0 Å². The first-order valence-electron chi connectivity index (χ1n) is 5.70. The topological polar surface area (TPSA) is 79.7 Å². The molecule has 0 saturated carbocycles. The van der Waals surface area contributed by atoms with Crippen molar-refractivity contribution in [2.45, 2.75) is 20.4 Å². The second-order valence-electron chi connectivity index (χ2n) is 4.59. The van der Waals surface area contributed by atoms with Crippen LogP contribution >= 0.6 is 11.6 Å². The molecule has 1 unspecified atom stereocenters. The zero-order valence-electron chi connectivity index (χ0n) is 11.2. The monoisotopic (exact) mass is 273 g/mol. The van der Waals surface area contributed by atoms with Gasteiger partial charge in [-0.15, -0.1) is 0 Å². The number of nitrogens with two attached hydrogens (primary N) is 1. The zero-order chi connectivity index (χ0) is 13.9. The van der Waals surface area contributed by atoms with Crippen LogP contribution in [0.1, 0.15) is 18.3 Å². The average Bonchev–Trinajstić information content (AvgIpc) is 2.54. The Morgan fingerprint density at radius 2 is 2.28 bits per heavy atom. The van der Waals surface area contributed by atoms with Gasteiger partial charge in [-0.3, -0.25) is 9.58 Å². The molecule has 0 radical (unpaired) electrons. The van der Waals surface area contributed by atoms with Gasteiger partial charge in [-0.2, -0.15) is 5.10 Å². The quantitative estimate of drug-likeness (QED) is 0.366. The van der Waals surface area contributed by atoms with Crippen molar-refractivity contribution >= 4 is 17.4 Å². The van der Waals surface area contributed by atoms with Crippen LogP contribution in [0.3, 0.4) is 0 Å². The molecule has 0 amide bonds. The number of rotatable bonds is 5. The molecule has 102 valence electrons. The normalized spacial score (nSPS) is 14.2. The number of aromatic nitrogens is 2. The van der Waals surface area contributed by atoms with Crippen molar-refractivity contribution in [3.63, 3.8) is 0 Å². The van der Waals surface area contributed by atoms with Gasteiger partial charge >= 0.3 is 0 Å². The third-order valence-corrected chi connectivity index (χ3v) is 3.38. The van der Waals surface area contributed by atoms with Gasteiger partial charge in [-0.25, -0.2) is 0 Å². The Morgan fingerprint density at radius 1 is 1.67 bits per heavy atom. The lowest BCUT2D eigenvalue weighted by atomic mass is 10.1. The van der Waals surface area contributed by atoms with E-state index in [0.717, 1.165) is 11.4 Å². The number of hydrogen-bond donors (Lipinski definition) is 2. The molecule has 0 aliphatic carbocycles. The predicted molar refractivity (Wildman–Crippen MR) is 71.9 cm³/mol. The smallest absolute Gasteiger partial charge is 0.143 e. The standard InChI is InChI=1S/C11H20ClN5O/c1-7(11(13)15-18)5-16(3)6-9-10(12)8(2)14-17(9)4/h7,18H,5-6H2,1-4H3,(H2,13,15). The number of hydrogen-bond acceptors (Lipinski definition) is 4. The van der Waals surface area contributed by atoms with Gasteiger partial charge in [0.2, 0.25) is 0 Å². The van der Waals surface area contributed by atoms with E-state index in [-0.39, 0.29) is 11.8 Å². The number of amidine groups is 1. The van der Waals surface area contributed by atoms with Gasteiger partial charge in [0.25, 0.3) is 0 Å². The van der Waals surface area contributed by atoms with Gasteiger partial charge in [-0.05, 0) is 14.0 Å². The summed E-state index contributed by atoms with van der Waals surface area (Å²) < 4.78 is 1.78. The number of halogens is 1. The van der Waals surface area contributed by atoms with E-state index in [9.17, 15) is 0 Å². The van der Waals surface area contributed by atoms with E-state index in [1.807, 2.05) is 27.9 Å². The lowest BCUT2D eigenvalue weighted by molar-refractivity contribution is 0.286. The van der Waals surface area contributed by atoms with Crippen LogP contribution in [0.15, 0.2) is 5.16 Å². The summed E-state index contributed by atoms with van der Waals surface area (Å²) >= 11 is 6.19. The molecule has 0 saturated heterocycles. The molecule has 1 aromatic heterocycles. The Hall–Kier alpha value is -1.27. The van der Waals surface area contributed by atoms with E-state index < -0.39 is 0 Å². The van der Waals surface area contributed by atoms with E-state index in [2.05, 4.69) is 15.2 Å². The van der Waals surface area contributed by atoms with Crippen LogP contribution in [0.25, 0.3) is 0 Å². The first-order valence-corrected chi connectivity index (χ1v) is 6.08. The van der Waals surface area contributed by atoms with E-state index in [4.69, 9.17) is 22.5 Å². The summed E-state index contributed by atoms with van der Waals surface area (Å²) in [6, 6.07) is 0. The van der Waals surface area contributed by atoms with E-state index in [1.54, 1.807) is 4.68 Å². The third-order valence-electron chi connectivity index (χ3n) is 2.89. The minimum atomic E-state index is -0.0203. The SMILES string of the molecule is Cc1nn(C)c(CN(C)CC(C)C(N)=NO)c1Cl. The fourth-order valence-corrected chi connectivity index (χ4v) is 2.05. The van der Waals surface area contributed by atoms with E-state index in [1.165, 1.54) is 0 Å². The molecule has 18 heavy (non-hydrogen) atoms. The van der Waals surface area contributed by atoms with Crippen molar-refractivity contribution in [2.75, 3.05) is 13.6 Å². The largest absolute Gasteiger partial charge is 0.409 e. The highest BCUT2D eigenvalue weighted by molar-refractivity contribution is 6.31. The molecule has 0 aromatic carbocycles. The third kappa shape index (κ3) is 3.36. The Bertz CT molecular complexity index is 443.